The van der Waals surface area contributed by atoms with Gasteiger partial charge in [0, 0.05) is 26.6 Å². The van der Waals surface area contributed by atoms with E-state index in [2.05, 4.69) is 39.1 Å². The Kier molecular flexibility index (Phi) is 7.27. The van der Waals surface area contributed by atoms with E-state index in [1.165, 1.54) is 17.3 Å². The molecule has 0 unspecified atom stereocenters. The summed E-state index contributed by atoms with van der Waals surface area (Å²) in [5, 5.41) is 12.0. The third-order valence-corrected chi connectivity index (χ3v) is 4.65. The van der Waals surface area contributed by atoms with Gasteiger partial charge in [0.15, 0.2) is 5.16 Å². The van der Waals surface area contributed by atoms with E-state index < -0.39 is 0 Å². The molecule has 1 amide bonds. The maximum absolute atomic E-state index is 12.1. The average Bonchev–Trinajstić information content (AvgIpc) is 2.97. The van der Waals surface area contributed by atoms with Gasteiger partial charge in [0.2, 0.25) is 5.91 Å². The summed E-state index contributed by atoms with van der Waals surface area (Å²) in [6.45, 7) is 5.73. The molecule has 0 saturated heterocycles. The normalized spacial score (nSPS) is 12.1. The first-order valence-electron chi connectivity index (χ1n) is 8.05. The average molecular weight is 348 g/mol. The number of benzene rings is 1. The van der Waals surface area contributed by atoms with Crippen LogP contribution in [-0.4, -0.2) is 46.2 Å². The van der Waals surface area contributed by atoms with Crippen LogP contribution in [0.4, 0.5) is 0 Å². The smallest absolute Gasteiger partial charge is 0.233 e. The van der Waals surface area contributed by atoms with Crippen LogP contribution in [0.1, 0.15) is 25.2 Å². The summed E-state index contributed by atoms with van der Waals surface area (Å²) in [6, 6.07) is 10.2. The van der Waals surface area contributed by atoms with Gasteiger partial charge in [0.05, 0.1) is 11.9 Å². The molecule has 1 aromatic heterocycles. The van der Waals surface area contributed by atoms with Crippen LogP contribution in [0, 0.1) is 0 Å². The van der Waals surface area contributed by atoms with E-state index in [1.807, 2.05) is 25.1 Å². The molecule has 1 aromatic carbocycles. The minimum absolute atomic E-state index is 0.0210. The zero-order valence-corrected chi connectivity index (χ0v) is 15.2. The van der Waals surface area contributed by atoms with E-state index in [0.29, 0.717) is 13.2 Å². The lowest BCUT2D eigenvalue weighted by molar-refractivity contribution is -0.120. The molecule has 1 N–H and O–H groups in total. The highest BCUT2D eigenvalue weighted by atomic mass is 32.2. The van der Waals surface area contributed by atoms with Crippen molar-refractivity contribution in [3.8, 4) is 0 Å². The number of methoxy groups -OCH3 is 1. The SMILES string of the molecule is CCn1c(Cc2ccccc2)nnc1S[C@H](C)C(=O)NCCOC. The molecule has 1 heterocycles. The molecular weight excluding hydrogens is 324 g/mol. The fourth-order valence-corrected chi connectivity index (χ4v) is 3.22. The van der Waals surface area contributed by atoms with Crippen LogP contribution >= 0.6 is 11.8 Å². The lowest BCUT2D eigenvalue weighted by Crippen LogP contribution is -2.33. The Hall–Kier alpha value is -1.86. The van der Waals surface area contributed by atoms with Gasteiger partial charge in [0.1, 0.15) is 5.82 Å². The van der Waals surface area contributed by atoms with Crippen molar-refractivity contribution in [2.24, 2.45) is 0 Å². The van der Waals surface area contributed by atoms with Crippen molar-refractivity contribution in [3.63, 3.8) is 0 Å². The number of nitrogens with one attached hydrogen (secondary N) is 1. The molecule has 24 heavy (non-hydrogen) atoms. The van der Waals surface area contributed by atoms with E-state index in [9.17, 15) is 4.79 Å². The lowest BCUT2D eigenvalue weighted by Gasteiger charge is -2.12. The van der Waals surface area contributed by atoms with Crippen molar-refractivity contribution in [1.82, 2.24) is 20.1 Å². The Bertz CT molecular complexity index is 645. The van der Waals surface area contributed by atoms with Crippen LogP contribution in [0.25, 0.3) is 0 Å². The van der Waals surface area contributed by atoms with E-state index in [1.54, 1.807) is 7.11 Å². The topological polar surface area (TPSA) is 69.0 Å². The minimum atomic E-state index is -0.235. The van der Waals surface area contributed by atoms with Crippen LogP contribution in [0.15, 0.2) is 35.5 Å². The van der Waals surface area contributed by atoms with Crippen molar-refractivity contribution in [3.05, 3.63) is 41.7 Å². The van der Waals surface area contributed by atoms with Gasteiger partial charge in [-0.3, -0.25) is 4.79 Å². The number of ether oxygens (including phenoxy) is 1. The van der Waals surface area contributed by atoms with Crippen LogP contribution in [0.3, 0.4) is 0 Å². The summed E-state index contributed by atoms with van der Waals surface area (Å²) in [5.41, 5.74) is 1.20. The summed E-state index contributed by atoms with van der Waals surface area (Å²) in [4.78, 5) is 12.1. The van der Waals surface area contributed by atoms with E-state index >= 15 is 0 Å². The standard InChI is InChI=1S/C17H24N4O2S/c1-4-21-15(12-14-8-6-5-7-9-14)19-20-17(21)24-13(2)16(22)18-10-11-23-3/h5-9,13H,4,10-12H2,1-3H3,(H,18,22)/t13-/m1/s1. The predicted molar refractivity (Wildman–Crippen MR) is 95.1 cm³/mol. The molecule has 2 rings (SSSR count). The molecule has 0 radical (unpaired) electrons. The Morgan fingerprint density at radius 1 is 1.33 bits per heavy atom. The lowest BCUT2D eigenvalue weighted by atomic mass is 10.1. The molecule has 130 valence electrons. The highest BCUT2D eigenvalue weighted by Crippen LogP contribution is 2.23. The summed E-state index contributed by atoms with van der Waals surface area (Å²) in [5.74, 6) is 0.894. The van der Waals surface area contributed by atoms with Gasteiger partial charge < -0.3 is 14.6 Å². The zero-order valence-electron chi connectivity index (χ0n) is 14.4. The number of hydrogen-bond acceptors (Lipinski definition) is 5. The number of rotatable bonds is 9. The number of nitrogens with zero attached hydrogens (tertiary/aromatic N) is 3. The molecule has 0 saturated carbocycles. The molecule has 0 spiro atoms. The van der Waals surface area contributed by atoms with Crippen molar-refractivity contribution in [1.29, 1.82) is 0 Å². The summed E-state index contributed by atoms with van der Waals surface area (Å²) >= 11 is 1.43. The molecule has 0 aliphatic rings. The van der Waals surface area contributed by atoms with Gasteiger partial charge in [-0.2, -0.15) is 0 Å². The number of carbonyl (C=O) groups excluding carboxylic acids is 1. The predicted octanol–water partition coefficient (Wildman–Crippen LogP) is 2.13. The fraction of sp³-hybridized carbons (Fsp3) is 0.471. The maximum Gasteiger partial charge on any atom is 0.233 e. The van der Waals surface area contributed by atoms with Gasteiger partial charge in [-0.1, -0.05) is 42.1 Å². The van der Waals surface area contributed by atoms with Crippen molar-refractivity contribution >= 4 is 17.7 Å². The molecule has 6 nitrogen and oxygen atoms in total. The largest absolute Gasteiger partial charge is 0.383 e. The second-order valence-electron chi connectivity index (χ2n) is 5.35. The fourth-order valence-electron chi connectivity index (χ4n) is 2.26. The molecule has 2 aromatic rings. The first kappa shape index (κ1) is 18.5. The first-order valence-corrected chi connectivity index (χ1v) is 8.93. The number of carbonyl (C=O) groups is 1. The Labute approximate surface area is 147 Å². The van der Waals surface area contributed by atoms with Gasteiger partial charge in [-0.15, -0.1) is 10.2 Å². The first-order chi connectivity index (χ1) is 11.7. The highest BCUT2D eigenvalue weighted by Gasteiger charge is 2.19. The third-order valence-electron chi connectivity index (χ3n) is 3.57. The summed E-state index contributed by atoms with van der Waals surface area (Å²) < 4.78 is 7.00. The summed E-state index contributed by atoms with van der Waals surface area (Å²) in [7, 11) is 1.61. The van der Waals surface area contributed by atoms with Crippen LogP contribution < -0.4 is 5.32 Å². The Balaban J connectivity index is 2.02. The number of amides is 1. The minimum Gasteiger partial charge on any atom is -0.383 e. The van der Waals surface area contributed by atoms with Gasteiger partial charge in [-0.05, 0) is 19.4 Å². The van der Waals surface area contributed by atoms with Crippen molar-refractivity contribution in [2.75, 3.05) is 20.3 Å². The molecule has 0 aliphatic heterocycles. The Morgan fingerprint density at radius 2 is 2.08 bits per heavy atom. The molecule has 0 aliphatic carbocycles. The number of thioether (sulfide) groups is 1. The number of hydrogen-bond donors (Lipinski definition) is 1. The van der Waals surface area contributed by atoms with E-state index in [4.69, 9.17) is 4.74 Å². The summed E-state index contributed by atoms with van der Waals surface area (Å²) in [6.07, 6.45) is 0.733. The quantitative estimate of drug-likeness (QED) is 0.555. The highest BCUT2D eigenvalue weighted by molar-refractivity contribution is 8.00. The second-order valence-corrected chi connectivity index (χ2v) is 6.66. The molecule has 0 fully saturated rings. The van der Waals surface area contributed by atoms with E-state index in [-0.39, 0.29) is 11.2 Å². The number of aromatic nitrogens is 3. The van der Waals surface area contributed by atoms with Gasteiger partial charge in [-0.25, -0.2) is 0 Å². The van der Waals surface area contributed by atoms with Crippen molar-refractivity contribution in [2.45, 2.75) is 37.2 Å². The molecular formula is C17H24N4O2S. The molecule has 7 heteroatoms. The van der Waals surface area contributed by atoms with Crippen molar-refractivity contribution < 1.29 is 9.53 Å². The van der Waals surface area contributed by atoms with Crippen LogP contribution in [0.5, 0.6) is 0 Å². The van der Waals surface area contributed by atoms with Crippen LogP contribution in [-0.2, 0) is 22.5 Å². The van der Waals surface area contributed by atoms with Crippen LogP contribution in [0.2, 0.25) is 0 Å². The molecule has 0 bridgehead atoms. The Morgan fingerprint density at radius 3 is 2.75 bits per heavy atom. The zero-order chi connectivity index (χ0) is 17.4. The van der Waals surface area contributed by atoms with Gasteiger partial charge in [0.25, 0.3) is 0 Å². The second kappa shape index (κ2) is 9.44. The van der Waals surface area contributed by atoms with Gasteiger partial charge >= 0.3 is 0 Å². The van der Waals surface area contributed by atoms with E-state index in [0.717, 1.165) is 23.9 Å². The third kappa shape index (κ3) is 5.07. The maximum atomic E-state index is 12.1. The monoisotopic (exact) mass is 348 g/mol. The molecule has 1 atom stereocenters.